The lowest BCUT2D eigenvalue weighted by molar-refractivity contribution is 0.232. The van der Waals surface area contributed by atoms with Crippen LogP contribution in [0.5, 0.6) is 0 Å². The van der Waals surface area contributed by atoms with Crippen LogP contribution in [0.4, 0.5) is 0 Å². The highest BCUT2D eigenvalue weighted by Gasteiger charge is 2.37. The van der Waals surface area contributed by atoms with Crippen LogP contribution in [0.3, 0.4) is 0 Å². The normalized spacial score (nSPS) is 34.4. The minimum atomic E-state index is -0.872. The molecule has 3 nitrogen and oxygen atoms in total. The van der Waals surface area contributed by atoms with Crippen molar-refractivity contribution in [1.82, 2.24) is 0 Å². The molecule has 1 rings (SSSR count). The van der Waals surface area contributed by atoms with Crippen molar-refractivity contribution in [2.75, 3.05) is 23.9 Å². The molecule has 5 heteroatoms. The van der Waals surface area contributed by atoms with Crippen molar-refractivity contribution in [1.29, 1.82) is 0 Å². The third-order valence-corrected chi connectivity index (χ3v) is 6.66. The van der Waals surface area contributed by atoms with Crippen molar-refractivity contribution in [2.24, 2.45) is 0 Å². The summed E-state index contributed by atoms with van der Waals surface area (Å²) in [6.07, 6.45) is 2.42. The highest BCUT2D eigenvalue weighted by atomic mass is 32.2. The topological polar surface area (TPSA) is 43.4 Å². The van der Waals surface area contributed by atoms with Crippen LogP contribution in [0, 0.1) is 0 Å². The van der Waals surface area contributed by atoms with E-state index in [2.05, 4.69) is 0 Å². The van der Waals surface area contributed by atoms with Gasteiger partial charge in [-0.3, -0.25) is 8.42 Å². The smallest absolute Gasteiger partial charge is 0.0887 e. The molecule has 0 radical (unpaired) electrons. The van der Waals surface area contributed by atoms with Gasteiger partial charge in [0.15, 0.2) is 0 Å². The average Bonchev–Trinajstić information content (AvgIpc) is 2.19. The zero-order chi connectivity index (χ0) is 12.2. The number of hydrogen-bond acceptors (Lipinski definition) is 3. The maximum atomic E-state index is 11.9. The van der Waals surface area contributed by atoms with E-state index in [0.717, 1.165) is 5.57 Å². The van der Waals surface area contributed by atoms with Crippen LogP contribution in [0.2, 0.25) is 0 Å². The second-order valence-electron chi connectivity index (χ2n) is 4.60. The largest absolute Gasteiger partial charge is 0.501 e. The Hall–Kier alpha value is -0.160. The standard InChI is InChI=1S/C11H20O3S2/c1-10(2)8-14-5-4-11(3)9-15(12)6-7-16(11)13/h8H,4-7,9H2,1-3H3. The van der Waals surface area contributed by atoms with Gasteiger partial charge in [0, 0.05) is 38.9 Å². The van der Waals surface area contributed by atoms with Gasteiger partial charge in [0.2, 0.25) is 0 Å². The number of rotatable bonds is 4. The maximum absolute atomic E-state index is 11.9. The van der Waals surface area contributed by atoms with Gasteiger partial charge in [0.25, 0.3) is 0 Å². The number of allylic oxidation sites excluding steroid dienone is 1. The summed E-state index contributed by atoms with van der Waals surface area (Å²) < 4.78 is 28.4. The van der Waals surface area contributed by atoms with Crippen molar-refractivity contribution in [3.63, 3.8) is 0 Å². The maximum Gasteiger partial charge on any atom is 0.0887 e. The van der Waals surface area contributed by atoms with Crippen LogP contribution in [-0.4, -0.2) is 37.0 Å². The first-order valence-corrected chi connectivity index (χ1v) is 8.23. The molecule has 0 bridgehead atoms. The molecule has 3 atom stereocenters. The van der Waals surface area contributed by atoms with E-state index >= 15 is 0 Å². The van der Waals surface area contributed by atoms with Gasteiger partial charge in [0.1, 0.15) is 0 Å². The molecule has 0 amide bonds. The van der Waals surface area contributed by atoms with Crippen molar-refractivity contribution >= 4 is 21.6 Å². The molecule has 1 saturated heterocycles. The summed E-state index contributed by atoms with van der Waals surface area (Å²) >= 11 is 0. The minimum absolute atomic E-state index is 0.335. The van der Waals surface area contributed by atoms with E-state index in [1.54, 1.807) is 6.26 Å². The van der Waals surface area contributed by atoms with Gasteiger partial charge in [-0.15, -0.1) is 0 Å². The molecule has 0 N–H and O–H groups in total. The molecule has 1 aliphatic rings. The predicted molar refractivity (Wildman–Crippen MR) is 69.3 cm³/mol. The minimum Gasteiger partial charge on any atom is -0.501 e. The highest BCUT2D eigenvalue weighted by Crippen LogP contribution is 2.24. The Morgan fingerprint density at radius 2 is 2.06 bits per heavy atom. The van der Waals surface area contributed by atoms with Crippen molar-refractivity contribution in [3.05, 3.63) is 11.8 Å². The number of ether oxygens (including phenoxy) is 1. The van der Waals surface area contributed by atoms with Crippen molar-refractivity contribution < 1.29 is 13.2 Å². The first-order chi connectivity index (χ1) is 7.44. The van der Waals surface area contributed by atoms with Gasteiger partial charge in [0.05, 0.1) is 17.6 Å². The Balaban J connectivity index is 2.46. The van der Waals surface area contributed by atoms with Crippen LogP contribution in [-0.2, 0) is 26.3 Å². The van der Waals surface area contributed by atoms with Gasteiger partial charge < -0.3 is 4.74 Å². The summed E-state index contributed by atoms with van der Waals surface area (Å²) in [5.41, 5.74) is 1.11. The lowest BCUT2D eigenvalue weighted by Gasteiger charge is -2.31. The molecule has 1 aliphatic heterocycles. The van der Waals surface area contributed by atoms with Crippen LogP contribution in [0.15, 0.2) is 11.8 Å². The van der Waals surface area contributed by atoms with E-state index in [-0.39, 0.29) is 4.75 Å². The monoisotopic (exact) mass is 264 g/mol. The predicted octanol–water partition coefficient (Wildman–Crippen LogP) is 1.59. The molecule has 0 aromatic rings. The van der Waals surface area contributed by atoms with E-state index in [0.29, 0.717) is 30.3 Å². The second kappa shape index (κ2) is 5.96. The molecular weight excluding hydrogens is 244 g/mol. The Bertz CT molecular complexity index is 321. The van der Waals surface area contributed by atoms with Gasteiger partial charge in [-0.2, -0.15) is 0 Å². The third-order valence-electron chi connectivity index (χ3n) is 2.58. The van der Waals surface area contributed by atoms with Gasteiger partial charge in [-0.05, 0) is 32.8 Å². The molecule has 1 fully saturated rings. The van der Waals surface area contributed by atoms with Crippen LogP contribution in [0.25, 0.3) is 0 Å². The Labute approximate surface area is 103 Å². The molecule has 94 valence electrons. The first-order valence-electron chi connectivity index (χ1n) is 5.42. The zero-order valence-corrected chi connectivity index (χ0v) is 11.8. The van der Waals surface area contributed by atoms with Crippen LogP contribution < -0.4 is 0 Å². The first kappa shape index (κ1) is 13.9. The van der Waals surface area contributed by atoms with Gasteiger partial charge in [-0.25, -0.2) is 0 Å². The zero-order valence-electron chi connectivity index (χ0n) is 10.2. The summed E-state index contributed by atoms with van der Waals surface area (Å²) in [5.74, 6) is 1.68. The van der Waals surface area contributed by atoms with E-state index in [9.17, 15) is 8.42 Å². The Morgan fingerprint density at radius 3 is 2.69 bits per heavy atom. The van der Waals surface area contributed by atoms with E-state index in [1.807, 2.05) is 20.8 Å². The summed E-state index contributed by atoms with van der Waals surface area (Å²) in [5, 5.41) is 0. The fraction of sp³-hybridized carbons (Fsp3) is 0.818. The quantitative estimate of drug-likeness (QED) is 0.572. The number of hydrogen-bond donors (Lipinski definition) is 0. The molecule has 1 heterocycles. The average molecular weight is 264 g/mol. The molecule has 0 aromatic heterocycles. The SMILES string of the molecule is CC(C)=COCCC1(C)CS(=O)CCS1=O. The van der Waals surface area contributed by atoms with E-state index in [4.69, 9.17) is 4.74 Å². The fourth-order valence-corrected chi connectivity index (χ4v) is 5.62. The third kappa shape index (κ3) is 4.01. The molecule has 0 spiro atoms. The highest BCUT2D eigenvalue weighted by molar-refractivity contribution is 7.93. The molecule has 3 unspecified atom stereocenters. The molecular formula is C11H20O3S2. The summed E-state index contributed by atoms with van der Waals surface area (Å²) in [7, 11) is -1.68. The van der Waals surface area contributed by atoms with Gasteiger partial charge >= 0.3 is 0 Å². The fourth-order valence-electron chi connectivity index (χ4n) is 1.58. The molecule has 0 aromatic carbocycles. The molecule has 0 saturated carbocycles. The van der Waals surface area contributed by atoms with Crippen LogP contribution in [0.1, 0.15) is 27.2 Å². The Morgan fingerprint density at radius 1 is 1.38 bits per heavy atom. The molecule has 16 heavy (non-hydrogen) atoms. The van der Waals surface area contributed by atoms with Crippen LogP contribution >= 0.6 is 0 Å². The van der Waals surface area contributed by atoms with E-state index in [1.165, 1.54) is 0 Å². The van der Waals surface area contributed by atoms with E-state index < -0.39 is 21.6 Å². The lowest BCUT2D eigenvalue weighted by Crippen LogP contribution is -2.44. The molecule has 0 aliphatic carbocycles. The van der Waals surface area contributed by atoms with Crippen molar-refractivity contribution in [2.45, 2.75) is 31.9 Å². The second-order valence-corrected chi connectivity index (χ2v) is 8.27. The lowest BCUT2D eigenvalue weighted by atomic mass is 10.1. The summed E-state index contributed by atoms with van der Waals surface area (Å²) in [6.45, 7) is 6.43. The van der Waals surface area contributed by atoms with Crippen molar-refractivity contribution in [3.8, 4) is 0 Å². The Kier molecular flexibility index (Phi) is 5.18. The summed E-state index contributed by atoms with van der Waals surface area (Å²) in [6, 6.07) is 0. The van der Waals surface area contributed by atoms with Gasteiger partial charge in [-0.1, -0.05) is 0 Å². The summed E-state index contributed by atoms with van der Waals surface area (Å²) in [4.78, 5) is 0.